The van der Waals surface area contributed by atoms with Gasteiger partial charge in [0.05, 0.1) is 12.2 Å². The molecular formula is C22H25N7O3S2. The lowest BCUT2D eigenvalue weighted by Crippen LogP contribution is -2.51. The minimum atomic E-state index is -0.166. The first-order valence-electron chi connectivity index (χ1n) is 10.7. The monoisotopic (exact) mass is 499 g/mol. The number of thiazole rings is 1. The van der Waals surface area contributed by atoms with Gasteiger partial charge >= 0.3 is 0 Å². The minimum Gasteiger partial charge on any atom is -0.339 e. The van der Waals surface area contributed by atoms with Crippen molar-refractivity contribution < 1.29 is 14.4 Å². The number of hydrogen-bond donors (Lipinski definition) is 1. The number of aromatic nitrogens is 4. The Morgan fingerprint density at radius 2 is 1.79 bits per heavy atom. The third kappa shape index (κ3) is 6.00. The van der Waals surface area contributed by atoms with Crippen LogP contribution in [0.1, 0.15) is 21.1 Å². The van der Waals surface area contributed by atoms with Crippen LogP contribution in [0.4, 0.5) is 5.69 Å². The molecule has 1 aliphatic heterocycles. The van der Waals surface area contributed by atoms with E-state index in [4.69, 9.17) is 0 Å². The SMILES string of the molecule is Cc1csc(CC(=O)N2CCN(C(=O)c3ccc(NC(=O)CSc4nncn4C)cc3)CC2)n1. The molecule has 1 saturated heterocycles. The maximum atomic E-state index is 12.9. The van der Waals surface area contributed by atoms with E-state index in [0.717, 1.165) is 10.7 Å². The van der Waals surface area contributed by atoms with E-state index in [-0.39, 0.29) is 23.5 Å². The molecular weight excluding hydrogens is 474 g/mol. The molecule has 0 aliphatic carbocycles. The quantitative estimate of drug-likeness (QED) is 0.494. The van der Waals surface area contributed by atoms with Gasteiger partial charge in [-0.05, 0) is 31.2 Å². The zero-order chi connectivity index (χ0) is 24.1. The second kappa shape index (κ2) is 10.8. The minimum absolute atomic E-state index is 0.0406. The third-order valence-electron chi connectivity index (χ3n) is 5.31. The molecule has 1 aromatic carbocycles. The summed E-state index contributed by atoms with van der Waals surface area (Å²) in [5.41, 5.74) is 2.09. The van der Waals surface area contributed by atoms with E-state index in [1.165, 1.54) is 23.1 Å². The summed E-state index contributed by atoms with van der Waals surface area (Å²) in [6.45, 7) is 3.90. The summed E-state index contributed by atoms with van der Waals surface area (Å²) in [7, 11) is 1.82. The third-order valence-corrected chi connectivity index (χ3v) is 7.31. The van der Waals surface area contributed by atoms with Crippen LogP contribution in [-0.4, -0.2) is 79.2 Å². The summed E-state index contributed by atoms with van der Waals surface area (Å²) in [5, 5.41) is 14.0. The summed E-state index contributed by atoms with van der Waals surface area (Å²) >= 11 is 2.79. The summed E-state index contributed by atoms with van der Waals surface area (Å²) in [6.07, 6.45) is 1.88. The second-order valence-electron chi connectivity index (χ2n) is 7.87. The first-order chi connectivity index (χ1) is 16.4. The van der Waals surface area contributed by atoms with Crippen LogP contribution in [0.25, 0.3) is 0 Å². The molecule has 1 fully saturated rings. The number of hydrogen-bond acceptors (Lipinski definition) is 8. The first-order valence-corrected chi connectivity index (χ1v) is 12.6. The Morgan fingerprint density at radius 3 is 2.41 bits per heavy atom. The van der Waals surface area contributed by atoms with Crippen molar-refractivity contribution in [3.8, 4) is 0 Å². The van der Waals surface area contributed by atoms with Crippen molar-refractivity contribution >= 4 is 46.5 Å². The van der Waals surface area contributed by atoms with Gasteiger partial charge in [0.15, 0.2) is 5.16 Å². The number of anilines is 1. The van der Waals surface area contributed by atoms with Gasteiger partial charge in [0.25, 0.3) is 5.91 Å². The highest BCUT2D eigenvalue weighted by atomic mass is 32.2. The van der Waals surface area contributed by atoms with Gasteiger partial charge in [0.2, 0.25) is 11.8 Å². The number of piperazine rings is 1. The number of amides is 3. The Kier molecular flexibility index (Phi) is 7.58. The van der Waals surface area contributed by atoms with Crippen LogP contribution in [0, 0.1) is 6.92 Å². The summed E-state index contributed by atoms with van der Waals surface area (Å²) in [4.78, 5) is 45.5. The molecule has 0 atom stereocenters. The molecule has 10 nitrogen and oxygen atoms in total. The van der Waals surface area contributed by atoms with Gasteiger partial charge in [0, 0.05) is 55.6 Å². The number of carbonyl (C=O) groups is 3. The maximum Gasteiger partial charge on any atom is 0.253 e. The largest absolute Gasteiger partial charge is 0.339 e. The van der Waals surface area contributed by atoms with Crippen molar-refractivity contribution in [2.45, 2.75) is 18.5 Å². The zero-order valence-corrected chi connectivity index (χ0v) is 20.6. The van der Waals surface area contributed by atoms with Crippen molar-refractivity contribution in [1.29, 1.82) is 0 Å². The summed E-state index contributed by atoms with van der Waals surface area (Å²) in [6, 6.07) is 6.84. The van der Waals surface area contributed by atoms with E-state index < -0.39 is 0 Å². The lowest BCUT2D eigenvalue weighted by Gasteiger charge is -2.34. The Morgan fingerprint density at radius 1 is 1.09 bits per heavy atom. The molecule has 34 heavy (non-hydrogen) atoms. The van der Waals surface area contributed by atoms with Gasteiger partial charge < -0.3 is 19.7 Å². The molecule has 3 amide bonds. The molecule has 0 saturated carbocycles. The molecule has 3 aromatic rings. The number of nitrogens with zero attached hydrogens (tertiary/aromatic N) is 6. The fourth-order valence-corrected chi connectivity index (χ4v) is 4.94. The standard InChI is InChI=1S/C22H25N7O3S2/c1-15-12-33-19(24-15)11-20(31)28-7-9-29(10-8-28)21(32)16-3-5-17(6-4-16)25-18(30)13-34-22-26-23-14-27(22)2/h3-6,12,14H,7-11,13H2,1-2H3,(H,25,30). The van der Waals surface area contributed by atoms with Crippen molar-refractivity contribution in [3.05, 3.63) is 52.2 Å². The van der Waals surface area contributed by atoms with Crippen LogP contribution in [0.3, 0.4) is 0 Å². The highest BCUT2D eigenvalue weighted by molar-refractivity contribution is 7.99. The number of rotatable bonds is 7. The first kappa shape index (κ1) is 23.9. The summed E-state index contributed by atoms with van der Waals surface area (Å²) < 4.78 is 1.75. The Labute approximate surface area is 205 Å². The van der Waals surface area contributed by atoms with Crippen LogP contribution in [-0.2, 0) is 23.1 Å². The second-order valence-corrected chi connectivity index (χ2v) is 9.76. The maximum absolute atomic E-state index is 12.9. The zero-order valence-electron chi connectivity index (χ0n) is 18.9. The van der Waals surface area contributed by atoms with Crippen LogP contribution >= 0.6 is 23.1 Å². The van der Waals surface area contributed by atoms with E-state index in [9.17, 15) is 14.4 Å². The van der Waals surface area contributed by atoms with Crippen molar-refractivity contribution in [2.24, 2.45) is 7.05 Å². The van der Waals surface area contributed by atoms with Crippen molar-refractivity contribution in [3.63, 3.8) is 0 Å². The average Bonchev–Trinajstić information content (AvgIpc) is 3.45. The van der Waals surface area contributed by atoms with E-state index in [1.807, 2.05) is 19.4 Å². The number of carbonyl (C=O) groups excluding carboxylic acids is 3. The molecule has 0 bridgehead atoms. The Hall–Kier alpha value is -3.25. The fourth-order valence-electron chi connectivity index (χ4n) is 3.49. The van der Waals surface area contributed by atoms with Gasteiger partial charge in [-0.1, -0.05) is 11.8 Å². The molecule has 178 valence electrons. The van der Waals surface area contributed by atoms with E-state index in [1.54, 1.807) is 45.0 Å². The predicted octanol–water partition coefficient (Wildman–Crippen LogP) is 1.84. The predicted molar refractivity (Wildman–Crippen MR) is 130 cm³/mol. The highest BCUT2D eigenvalue weighted by Crippen LogP contribution is 2.17. The molecule has 0 unspecified atom stereocenters. The lowest BCUT2D eigenvalue weighted by atomic mass is 10.1. The number of thioether (sulfide) groups is 1. The van der Waals surface area contributed by atoms with Gasteiger partial charge in [-0.2, -0.15) is 0 Å². The molecule has 2 aromatic heterocycles. The van der Waals surface area contributed by atoms with Crippen molar-refractivity contribution in [1.82, 2.24) is 29.5 Å². The molecule has 12 heteroatoms. The molecule has 3 heterocycles. The van der Waals surface area contributed by atoms with Gasteiger partial charge in [-0.15, -0.1) is 21.5 Å². The fraction of sp³-hybridized carbons (Fsp3) is 0.364. The molecule has 0 spiro atoms. The Balaban J connectivity index is 1.24. The highest BCUT2D eigenvalue weighted by Gasteiger charge is 2.25. The normalized spacial score (nSPS) is 13.7. The van der Waals surface area contributed by atoms with E-state index in [2.05, 4.69) is 20.5 Å². The number of nitrogens with one attached hydrogen (secondary N) is 1. The number of aryl methyl sites for hydroxylation is 2. The smallest absolute Gasteiger partial charge is 0.253 e. The molecule has 4 rings (SSSR count). The van der Waals surface area contributed by atoms with Gasteiger partial charge in [-0.3, -0.25) is 14.4 Å². The topological polar surface area (TPSA) is 113 Å². The van der Waals surface area contributed by atoms with Crippen LogP contribution in [0.15, 0.2) is 41.1 Å². The lowest BCUT2D eigenvalue weighted by molar-refractivity contribution is -0.131. The van der Waals surface area contributed by atoms with Gasteiger partial charge in [-0.25, -0.2) is 4.98 Å². The van der Waals surface area contributed by atoms with Gasteiger partial charge in [0.1, 0.15) is 11.3 Å². The Bertz CT molecular complexity index is 1170. The molecule has 1 N–H and O–H groups in total. The average molecular weight is 500 g/mol. The van der Waals surface area contributed by atoms with Crippen molar-refractivity contribution in [2.75, 3.05) is 37.2 Å². The van der Waals surface area contributed by atoms with Crippen LogP contribution < -0.4 is 5.32 Å². The van der Waals surface area contributed by atoms with Crippen LogP contribution in [0.5, 0.6) is 0 Å². The summed E-state index contributed by atoms with van der Waals surface area (Å²) in [5.74, 6) is -0.00346. The van der Waals surface area contributed by atoms with E-state index in [0.29, 0.717) is 49.0 Å². The molecule has 0 radical (unpaired) electrons. The molecule has 1 aliphatic rings. The van der Waals surface area contributed by atoms with E-state index >= 15 is 0 Å². The van der Waals surface area contributed by atoms with Crippen LogP contribution in [0.2, 0.25) is 0 Å². The number of benzene rings is 1.